The Hall–Kier alpha value is -3.52. The summed E-state index contributed by atoms with van der Waals surface area (Å²) >= 11 is 0. The number of hydrogen-bond acceptors (Lipinski definition) is 6. The zero-order valence-corrected chi connectivity index (χ0v) is 17.5. The van der Waals surface area contributed by atoms with E-state index < -0.39 is 0 Å². The van der Waals surface area contributed by atoms with Gasteiger partial charge < -0.3 is 14.5 Å². The van der Waals surface area contributed by atoms with Crippen LogP contribution in [-0.2, 0) is 11.2 Å². The zero-order chi connectivity index (χ0) is 21.8. The van der Waals surface area contributed by atoms with Gasteiger partial charge in [0.05, 0.1) is 17.8 Å². The standard InChI is InChI=1S/C23H24N4O4/c1-14-20-17(8-5-9-19(20)31-21(14)23(29)24-12-13-30-2)26-27-22(28)18-11-10-15-6-3-4-7-16(15)25-18/h3-4,6-7,10-11H,5,8-9,12-13H2,1-2H3,(H,24,29)(H,27,28)/b26-17+. The molecule has 0 atom stereocenters. The molecule has 1 aromatic carbocycles. The van der Waals surface area contributed by atoms with Gasteiger partial charge in [-0.3, -0.25) is 9.59 Å². The molecule has 8 nitrogen and oxygen atoms in total. The number of pyridine rings is 1. The highest BCUT2D eigenvalue weighted by Crippen LogP contribution is 2.29. The molecule has 31 heavy (non-hydrogen) atoms. The van der Waals surface area contributed by atoms with Gasteiger partial charge >= 0.3 is 0 Å². The van der Waals surface area contributed by atoms with Crippen LogP contribution in [0.4, 0.5) is 0 Å². The number of amides is 2. The van der Waals surface area contributed by atoms with Gasteiger partial charge in [-0.2, -0.15) is 5.10 Å². The predicted molar refractivity (Wildman–Crippen MR) is 116 cm³/mol. The smallest absolute Gasteiger partial charge is 0.289 e. The van der Waals surface area contributed by atoms with Crippen molar-refractivity contribution in [3.8, 4) is 0 Å². The topological polar surface area (TPSA) is 106 Å². The number of carbonyl (C=O) groups excluding carboxylic acids is 2. The molecular formula is C23H24N4O4. The molecule has 1 aliphatic rings. The molecule has 0 fully saturated rings. The zero-order valence-electron chi connectivity index (χ0n) is 17.5. The molecule has 0 saturated carbocycles. The fourth-order valence-electron chi connectivity index (χ4n) is 3.71. The van der Waals surface area contributed by atoms with Crippen molar-refractivity contribution in [2.45, 2.75) is 26.2 Å². The van der Waals surface area contributed by atoms with E-state index in [1.165, 1.54) is 0 Å². The van der Waals surface area contributed by atoms with Crippen molar-refractivity contribution in [3.63, 3.8) is 0 Å². The molecule has 0 spiro atoms. The van der Waals surface area contributed by atoms with Crippen LogP contribution in [0.5, 0.6) is 0 Å². The number of rotatable bonds is 6. The van der Waals surface area contributed by atoms with E-state index in [2.05, 4.69) is 20.8 Å². The second-order valence-electron chi connectivity index (χ2n) is 7.35. The van der Waals surface area contributed by atoms with Crippen molar-refractivity contribution in [1.29, 1.82) is 0 Å². The molecule has 2 N–H and O–H groups in total. The van der Waals surface area contributed by atoms with Gasteiger partial charge in [0.1, 0.15) is 11.5 Å². The maximum Gasteiger partial charge on any atom is 0.289 e. The van der Waals surface area contributed by atoms with E-state index in [0.29, 0.717) is 31.0 Å². The first-order valence-electron chi connectivity index (χ1n) is 10.2. The lowest BCUT2D eigenvalue weighted by atomic mass is 9.93. The van der Waals surface area contributed by atoms with Crippen LogP contribution < -0.4 is 10.7 Å². The first kappa shape index (κ1) is 20.7. The molecule has 2 amide bonds. The van der Waals surface area contributed by atoms with Crippen LogP contribution in [0.2, 0.25) is 0 Å². The number of furan rings is 1. The van der Waals surface area contributed by atoms with Crippen molar-refractivity contribution < 1.29 is 18.7 Å². The molecule has 0 saturated heterocycles. The number of benzene rings is 1. The Labute approximate surface area is 179 Å². The van der Waals surface area contributed by atoms with Gasteiger partial charge in [-0.15, -0.1) is 0 Å². The predicted octanol–water partition coefficient (Wildman–Crippen LogP) is 2.98. The van der Waals surface area contributed by atoms with Crippen molar-refractivity contribution in [1.82, 2.24) is 15.7 Å². The van der Waals surface area contributed by atoms with Crippen LogP contribution in [0.25, 0.3) is 10.9 Å². The maximum absolute atomic E-state index is 12.6. The minimum absolute atomic E-state index is 0.276. The summed E-state index contributed by atoms with van der Waals surface area (Å²) in [6, 6.07) is 11.1. The summed E-state index contributed by atoms with van der Waals surface area (Å²) in [5.41, 5.74) is 5.88. The van der Waals surface area contributed by atoms with E-state index >= 15 is 0 Å². The molecule has 8 heteroatoms. The summed E-state index contributed by atoms with van der Waals surface area (Å²) < 4.78 is 10.8. The third-order valence-electron chi connectivity index (χ3n) is 5.25. The molecule has 1 aliphatic carbocycles. The number of para-hydroxylation sites is 1. The van der Waals surface area contributed by atoms with Crippen LogP contribution >= 0.6 is 0 Å². The Balaban J connectivity index is 1.54. The fraction of sp³-hybridized carbons (Fsp3) is 0.304. The maximum atomic E-state index is 12.6. The second kappa shape index (κ2) is 9.09. The van der Waals surface area contributed by atoms with Crippen LogP contribution in [0.15, 0.2) is 45.9 Å². The van der Waals surface area contributed by atoms with Crippen molar-refractivity contribution >= 4 is 28.4 Å². The molecule has 160 valence electrons. The van der Waals surface area contributed by atoms with Crippen LogP contribution in [0, 0.1) is 6.92 Å². The summed E-state index contributed by atoms with van der Waals surface area (Å²) in [5, 5.41) is 8.10. The Kier molecular flexibility index (Phi) is 6.08. The van der Waals surface area contributed by atoms with Crippen LogP contribution in [0.3, 0.4) is 0 Å². The van der Waals surface area contributed by atoms with Crippen molar-refractivity contribution in [2.24, 2.45) is 5.10 Å². The summed E-state index contributed by atoms with van der Waals surface area (Å²) in [6.45, 7) is 2.66. The fourth-order valence-corrected chi connectivity index (χ4v) is 3.71. The summed E-state index contributed by atoms with van der Waals surface area (Å²) in [7, 11) is 1.58. The van der Waals surface area contributed by atoms with E-state index in [-0.39, 0.29) is 17.6 Å². The van der Waals surface area contributed by atoms with E-state index in [0.717, 1.165) is 40.6 Å². The van der Waals surface area contributed by atoms with E-state index in [9.17, 15) is 9.59 Å². The normalized spacial score (nSPS) is 14.5. The minimum atomic E-state index is -0.385. The molecule has 2 heterocycles. The Morgan fingerprint density at radius 1 is 1.16 bits per heavy atom. The van der Waals surface area contributed by atoms with Crippen LogP contribution in [0.1, 0.15) is 50.8 Å². The molecule has 0 bridgehead atoms. The summed E-state index contributed by atoms with van der Waals surface area (Å²) in [5.74, 6) is 0.326. The lowest BCUT2D eigenvalue weighted by Crippen LogP contribution is -2.27. The Morgan fingerprint density at radius 3 is 2.84 bits per heavy atom. The Morgan fingerprint density at radius 2 is 2.00 bits per heavy atom. The molecular weight excluding hydrogens is 396 g/mol. The first-order chi connectivity index (χ1) is 15.1. The quantitative estimate of drug-likeness (QED) is 0.471. The SMILES string of the molecule is COCCNC(=O)c1oc2c(c1C)/C(=N/NC(=O)c1ccc3ccccc3n1)CCC2. The highest BCUT2D eigenvalue weighted by Gasteiger charge is 2.28. The van der Waals surface area contributed by atoms with Crippen LogP contribution in [-0.4, -0.2) is 42.8 Å². The van der Waals surface area contributed by atoms with Crippen molar-refractivity contribution in [2.75, 3.05) is 20.3 Å². The first-order valence-corrected chi connectivity index (χ1v) is 10.2. The lowest BCUT2D eigenvalue weighted by Gasteiger charge is -2.13. The molecule has 2 aromatic heterocycles. The van der Waals surface area contributed by atoms with Gasteiger partial charge in [0.15, 0.2) is 5.76 Å². The Bertz CT molecular complexity index is 1170. The minimum Gasteiger partial charge on any atom is -0.455 e. The number of nitrogens with one attached hydrogen (secondary N) is 2. The monoisotopic (exact) mass is 420 g/mol. The average molecular weight is 420 g/mol. The van der Waals surface area contributed by atoms with Gasteiger partial charge in [-0.05, 0) is 31.9 Å². The lowest BCUT2D eigenvalue weighted by molar-refractivity contribution is 0.0905. The third kappa shape index (κ3) is 4.34. The molecule has 3 aromatic rings. The van der Waals surface area contributed by atoms with Gasteiger partial charge in [0.25, 0.3) is 11.8 Å². The average Bonchev–Trinajstić information content (AvgIpc) is 3.14. The number of aryl methyl sites for hydroxylation is 1. The van der Waals surface area contributed by atoms with Gasteiger partial charge in [-0.25, -0.2) is 10.4 Å². The number of carbonyl (C=O) groups is 2. The number of fused-ring (bicyclic) bond motifs is 2. The molecule has 0 radical (unpaired) electrons. The number of methoxy groups -OCH3 is 1. The number of nitrogens with zero attached hydrogens (tertiary/aromatic N) is 2. The number of aromatic nitrogens is 1. The largest absolute Gasteiger partial charge is 0.455 e. The summed E-state index contributed by atoms with van der Waals surface area (Å²) in [6.07, 6.45) is 2.23. The van der Waals surface area contributed by atoms with Gasteiger partial charge in [-0.1, -0.05) is 24.3 Å². The second-order valence-corrected chi connectivity index (χ2v) is 7.35. The number of ether oxygens (including phenoxy) is 1. The van der Waals surface area contributed by atoms with Gasteiger partial charge in [0.2, 0.25) is 0 Å². The third-order valence-corrected chi connectivity index (χ3v) is 5.25. The highest BCUT2D eigenvalue weighted by atomic mass is 16.5. The van der Waals surface area contributed by atoms with E-state index in [1.54, 1.807) is 13.2 Å². The number of hydrazone groups is 1. The molecule has 0 aliphatic heterocycles. The number of hydrogen-bond donors (Lipinski definition) is 2. The molecule has 0 unspecified atom stereocenters. The van der Waals surface area contributed by atoms with Gasteiger partial charge in [0, 0.05) is 36.6 Å². The molecule has 4 rings (SSSR count). The summed E-state index contributed by atoms with van der Waals surface area (Å²) in [4.78, 5) is 29.5. The highest BCUT2D eigenvalue weighted by molar-refractivity contribution is 6.07. The van der Waals surface area contributed by atoms with E-state index in [1.807, 2.05) is 37.3 Å². The van der Waals surface area contributed by atoms with Crippen molar-refractivity contribution in [3.05, 3.63) is 64.7 Å². The van der Waals surface area contributed by atoms with E-state index in [4.69, 9.17) is 9.15 Å².